The van der Waals surface area contributed by atoms with Crippen molar-refractivity contribution < 1.29 is 4.79 Å². The van der Waals surface area contributed by atoms with Crippen LogP contribution in [0.4, 0.5) is 5.69 Å². The van der Waals surface area contributed by atoms with Crippen LogP contribution in [0.25, 0.3) is 15.9 Å². The summed E-state index contributed by atoms with van der Waals surface area (Å²) in [6.07, 6.45) is 0.839. The molecule has 0 atom stereocenters. The molecule has 6 nitrogen and oxygen atoms in total. The number of hydrogen-bond donors (Lipinski definition) is 1. The van der Waals surface area contributed by atoms with Gasteiger partial charge >= 0.3 is 0 Å². The lowest BCUT2D eigenvalue weighted by atomic mass is 10.0. The second-order valence-electron chi connectivity index (χ2n) is 8.69. The first-order chi connectivity index (χ1) is 16.9. The number of thiophene rings is 1. The van der Waals surface area contributed by atoms with Gasteiger partial charge in [-0.15, -0.1) is 11.3 Å². The van der Waals surface area contributed by atoms with Gasteiger partial charge in [0.05, 0.1) is 27.5 Å². The van der Waals surface area contributed by atoms with Gasteiger partial charge in [-0.3, -0.25) is 19.1 Å². The lowest BCUT2D eigenvalue weighted by Gasteiger charge is -2.30. The number of benzene rings is 2. The minimum absolute atomic E-state index is 0.0780. The molecule has 180 valence electrons. The number of nitrogens with zero attached hydrogens (tertiary/aromatic N) is 3. The summed E-state index contributed by atoms with van der Waals surface area (Å²) < 4.78 is 1.64. The Hall–Kier alpha value is -2.65. The molecule has 3 heterocycles. The molecule has 5 rings (SSSR count). The van der Waals surface area contributed by atoms with Crippen LogP contribution in [-0.2, 0) is 17.8 Å². The van der Waals surface area contributed by atoms with Crippen LogP contribution in [0.15, 0.2) is 64.5 Å². The maximum atomic E-state index is 13.9. The number of amides is 1. The van der Waals surface area contributed by atoms with Gasteiger partial charge in [0.2, 0.25) is 5.91 Å². The maximum Gasteiger partial charge on any atom is 0.267 e. The minimum Gasteiger partial charge on any atom is -0.324 e. The quantitative estimate of drug-likeness (QED) is 0.263. The number of halogens is 1. The zero-order valence-electron chi connectivity index (χ0n) is 19.5. The fraction of sp³-hybridized carbons (Fsp3) is 0.269. The number of para-hydroxylation sites is 2. The Bertz CT molecular complexity index is 1450. The van der Waals surface area contributed by atoms with Gasteiger partial charge in [0.1, 0.15) is 4.83 Å². The van der Waals surface area contributed by atoms with E-state index in [1.54, 1.807) is 28.0 Å². The first-order valence-corrected chi connectivity index (χ1v) is 13.6. The predicted molar refractivity (Wildman–Crippen MR) is 145 cm³/mol. The highest BCUT2D eigenvalue weighted by Gasteiger charge is 2.26. The molecule has 2 aromatic heterocycles. The van der Waals surface area contributed by atoms with E-state index in [1.165, 1.54) is 16.6 Å². The van der Waals surface area contributed by atoms with Gasteiger partial charge in [-0.2, -0.15) is 0 Å². The molecule has 0 saturated heterocycles. The van der Waals surface area contributed by atoms with Gasteiger partial charge in [0, 0.05) is 24.0 Å². The highest BCUT2D eigenvalue weighted by molar-refractivity contribution is 7.99. The Kier molecular flexibility index (Phi) is 6.98. The van der Waals surface area contributed by atoms with E-state index in [2.05, 4.69) is 24.1 Å². The van der Waals surface area contributed by atoms with E-state index in [1.807, 2.05) is 42.5 Å². The lowest BCUT2D eigenvalue weighted by Crippen LogP contribution is -2.35. The molecule has 0 spiro atoms. The largest absolute Gasteiger partial charge is 0.324 e. The molecule has 1 aliphatic rings. The molecule has 0 unspecified atom stereocenters. The Balaban J connectivity index is 1.52. The molecule has 1 aliphatic heterocycles. The average Bonchev–Trinajstić information content (AvgIpc) is 3.22. The third-order valence-corrected chi connectivity index (χ3v) is 8.48. The van der Waals surface area contributed by atoms with Crippen LogP contribution in [0.5, 0.6) is 0 Å². The molecule has 0 fully saturated rings. The fourth-order valence-corrected chi connectivity index (χ4v) is 6.55. The number of anilines is 1. The second-order valence-corrected chi connectivity index (χ2v) is 11.1. The topological polar surface area (TPSA) is 67.2 Å². The normalized spacial score (nSPS) is 13.8. The number of aromatic nitrogens is 2. The van der Waals surface area contributed by atoms with Crippen molar-refractivity contribution in [1.29, 1.82) is 0 Å². The van der Waals surface area contributed by atoms with Crippen molar-refractivity contribution in [3.8, 4) is 5.69 Å². The Morgan fingerprint density at radius 3 is 2.66 bits per heavy atom. The molecule has 1 amide bonds. The van der Waals surface area contributed by atoms with Crippen molar-refractivity contribution >= 4 is 56.5 Å². The van der Waals surface area contributed by atoms with Crippen molar-refractivity contribution in [2.75, 3.05) is 17.6 Å². The van der Waals surface area contributed by atoms with Crippen LogP contribution in [0, 0.1) is 0 Å². The number of hydrogen-bond acceptors (Lipinski definition) is 6. The van der Waals surface area contributed by atoms with Crippen molar-refractivity contribution in [3.63, 3.8) is 0 Å². The summed E-state index contributed by atoms with van der Waals surface area (Å²) in [5, 5.41) is 4.53. The highest BCUT2D eigenvalue weighted by Crippen LogP contribution is 2.35. The summed E-state index contributed by atoms with van der Waals surface area (Å²) in [5.41, 5.74) is 2.34. The van der Waals surface area contributed by atoms with Crippen molar-refractivity contribution in [1.82, 2.24) is 14.5 Å². The summed E-state index contributed by atoms with van der Waals surface area (Å²) >= 11 is 9.02. The molecular formula is C26H25ClN4O2S2. The number of carbonyl (C=O) groups is 1. The zero-order chi connectivity index (χ0) is 24.5. The molecule has 0 saturated carbocycles. The van der Waals surface area contributed by atoms with Crippen molar-refractivity contribution in [3.05, 3.63) is 80.4 Å². The summed E-state index contributed by atoms with van der Waals surface area (Å²) in [6, 6.07) is 17.0. The number of nitrogens with one attached hydrogen (secondary N) is 1. The van der Waals surface area contributed by atoms with Gasteiger partial charge in [-0.05, 0) is 50.1 Å². The van der Waals surface area contributed by atoms with Crippen molar-refractivity contribution in [2.45, 2.75) is 38.0 Å². The molecular weight excluding hydrogens is 500 g/mol. The van der Waals surface area contributed by atoms with Gasteiger partial charge in [0.15, 0.2) is 5.16 Å². The van der Waals surface area contributed by atoms with Crippen LogP contribution >= 0.6 is 34.7 Å². The lowest BCUT2D eigenvalue weighted by molar-refractivity contribution is -0.113. The Labute approximate surface area is 216 Å². The molecule has 9 heteroatoms. The van der Waals surface area contributed by atoms with Crippen LogP contribution in [0.2, 0.25) is 5.02 Å². The second kappa shape index (κ2) is 10.1. The smallest absolute Gasteiger partial charge is 0.267 e. The monoisotopic (exact) mass is 524 g/mol. The van der Waals surface area contributed by atoms with Crippen LogP contribution in [-0.4, -0.2) is 38.7 Å². The molecule has 35 heavy (non-hydrogen) atoms. The first-order valence-electron chi connectivity index (χ1n) is 11.5. The Morgan fingerprint density at radius 1 is 1.17 bits per heavy atom. The standard InChI is InChI=1S/C26H25ClN4O2S2/c1-16(2)30-13-12-18-21(14-30)35-24-23(18)25(33)31(17-8-4-3-5-9-17)26(29-24)34-15-22(32)28-20-11-7-6-10-19(20)27/h3-11,16H,12-15H2,1-2H3,(H,28,32). The van der Waals surface area contributed by atoms with E-state index in [-0.39, 0.29) is 17.2 Å². The average molecular weight is 525 g/mol. The minimum atomic E-state index is -0.213. The van der Waals surface area contributed by atoms with E-state index in [4.69, 9.17) is 16.6 Å². The molecule has 1 N–H and O–H groups in total. The van der Waals surface area contributed by atoms with E-state index in [0.29, 0.717) is 27.3 Å². The van der Waals surface area contributed by atoms with E-state index in [0.717, 1.165) is 35.6 Å². The van der Waals surface area contributed by atoms with E-state index < -0.39 is 0 Å². The van der Waals surface area contributed by atoms with Crippen LogP contribution in [0.3, 0.4) is 0 Å². The number of fused-ring (bicyclic) bond motifs is 3. The maximum absolute atomic E-state index is 13.9. The molecule has 0 aliphatic carbocycles. The highest BCUT2D eigenvalue weighted by atomic mass is 35.5. The van der Waals surface area contributed by atoms with E-state index >= 15 is 0 Å². The molecule has 0 bridgehead atoms. The summed E-state index contributed by atoms with van der Waals surface area (Å²) in [4.78, 5) is 35.8. The number of rotatable bonds is 6. The Morgan fingerprint density at radius 2 is 1.91 bits per heavy atom. The first kappa shape index (κ1) is 24.1. The van der Waals surface area contributed by atoms with Crippen molar-refractivity contribution in [2.24, 2.45) is 0 Å². The predicted octanol–water partition coefficient (Wildman–Crippen LogP) is 5.60. The number of carbonyl (C=O) groups excluding carboxylic acids is 1. The van der Waals surface area contributed by atoms with Crippen LogP contribution < -0.4 is 10.9 Å². The van der Waals surface area contributed by atoms with Gasteiger partial charge in [-0.1, -0.05) is 53.7 Å². The van der Waals surface area contributed by atoms with Gasteiger partial charge in [-0.25, -0.2) is 4.98 Å². The summed E-state index contributed by atoms with van der Waals surface area (Å²) in [6.45, 7) is 6.16. The summed E-state index contributed by atoms with van der Waals surface area (Å²) in [7, 11) is 0. The molecule has 2 aromatic carbocycles. The third kappa shape index (κ3) is 4.89. The molecule has 4 aromatic rings. The number of thioether (sulfide) groups is 1. The molecule has 0 radical (unpaired) electrons. The van der Waals surface area contributed by atoms with Gasteiger partial charge in [0.25, 0.3) is 5.56 Å². The zero-order valence-corrected chi connectivity index (χ0v) is 21.8. The van der Waals surface area contributed by atoms with Crippen LogP contribution in [0.1, 0.15) is 24.3 Å². The SMILES string of the molecule is CC(C)N1CCc2c(sc3nc(SCC(=O)Nc4ccccc4Cl)n(-c4ccccc4)c(=O)c23)C1. The van der Waals surface area contributed by atoms with E-state index in [9.17, 15) is 9.59 Å². The summed E-state index contributed by atoms with van der Waals surface area (Å²) in [5.74, 6) is -0.113. The third-order valence-electron chi connectivity index (χ3n) is 6.10. The fourth-order valence-electron chi connectivity index (χ4n) is 4.27. The van der Waals surface area contributed by atoms with Gasteiger partial charge < -0.3 is 5.32 Å².